The normalized spacial score (nSPS) is 15.3. The first-order valence-electron chi connectivity index (χ1n) is 10.5. The van der Waals surface area contributed by atoms with Gasteiger partial charge in [-0.3, -0.25) is 9.59 Å². The first kappa shape index (κ1) is 23.1. The van der Waals surface area contributed by atoms with Gasteiger partial charge in [0, 0.05) is 37.4 Å². The van der Waals surface area contributed by atoms with Crippen LogP contribution in [0.4, 0.5) is 0 Å². The number of carbonyl (C=O) groups excluding carboxylic acids is 3. The van der Waals surface area contributed by atoms with Crippen LogP contribution in [0.25, 0.3) is 0 Å². The first-order chi connectivity index (χ1) is 13.8. The van der Waals surface area contributed by atoms with E-state index >= 15 is 0 Å². The molecule has 0 aromatic carbocycles. The van der Waals surface area contributed by atoms with Crippen LogP contribution in [0.2, 0.25) is 0 Å². The second-order valence-corrected chi connectivity index (χ2v) is 7.75. The number of H-pyrrole nitrogens is 1. The van der Waals surface area contributed by atoms with Gasteiger partial charge in [-0.25, -0.2) is 4.79 Å². The molecule has 0 spiro atoms. The van der Waals surface area contributed by atoms with Crippen molar-refractivity contribution in [2.45, 2.75) is 65.8 Å². The molecule has 1 heterocycles. The minimum atomic E-state index is -0.608. The Morgan fingerprint density at radius 3 is 2.45 bits per heavy atom. The summed E-state index contributed by atoms with van der Waals surface area (Å²) in [7, 11) is 1.63. The monoisotopic (exact) mass is 406 g/mol. The van der Waals surface area contributed by atoms with E-state index in [1.54, 1.807) is 39.7 Å². The van der Waals surface area contributed by atoms with Crippen molar-refractivity contribution in [3.63, 3.8) is 0 Å². The number of ether oxygens (including phenoxy) is 2. The van der Waals surface area contributed by atoms with E-state index in [0.29, 0.717) is 42.1 Å². The Labute approximate surface area is 173 Å². The molecule has 0 saturated heterocycles. The third-order valence-corrected chi connectivity index (χ3v) is 5.75. The molecule has 1 aliphatic rings. The van der Waals surface area contributed by atoms with Gasteiger partial charge in [-0.15, -0.1) is 0 Å². The number of hydrogen-bond acceptors (Lipinski definition) is 5. The molecule has 7 nitrogen and oxygen atoms in total. The lowest BCUT2D eigenvalue weighted by Crippen LogP contribution is -2.46. The summed E-state index contributed by atoms with van der Waals surface area (Å²) in [6.45, 7) is 8.29. The zero-order chi connectivity index (χ0) is 21.6. The Morgan fingerprint density at radius 2 is 1.86 bits per heavy atom. The van der Waals surface area contributed by atoms with E-state index in [9.17, 15) is 14.4 Å². The highest BCUT2D eigenvalue weighted by molar-refractivity contribution is 6.06. The topological polar surface area (TPSA) is 88.7 Å². The van der Waals surface area contributed by atoms with Crippen molar-refractivity contribution in [2.75, 3.05) is 26.9 Å². The molecule has 162 valence electrons. The van der Waals surface area contributed by atoms with Crippen LogP contribution in [0, 0.1) is 19.8 Å². The van der Waals surface area contributed by atoms with Gasteiger partial charge in [0.1, 0.15) is 5.69 Å². The highest BCUT2D eigenvalue weighted by Crippen LogP contribution is 2.29. The quantitative estimate of drug-likeness (QED) is 0.365. The van der Waals surface area contributed by atoms with Gasteiger partial charge >= 0.3 is 5.97 Å². The fourth-order valence-electron chi connectivity index (χ4n) is 4.16. The van der Waals surface area contributed by atoms with Crippen molar-refractivity contribution < 1.29 is 23.9 Å². The largest absolute Gasteiger partial charge is 0.461 e. The molecule has 2 rings (SSSR count). The third kappa shape index (κ3) is 5.26. The van der Waals surface area contributed by atoms with E-state index in [4.69, 9.17) is 9.47 Å². The van der Waals surface area contributed by atoms with E-state index in [2.05, 4.69) is 4.98 Å². The smallest absolute Gasteiger partial charge is 0.355 e. The van der Waals surface area contributed by atoms with Gasteiger partial charge in [0.15, 0.2) is 5.78 Å². The molecular formula is C22H34N2O5. The predicted octanol–water partition coefficient (Wildman–Crippen LogP) is 3.43. The van der Waals surface area contributed by atoms with Crippen LogP contribution < -0.4 is 0 Å². The zero-order valence-corrected chi connectivity index (χ0v) is 18.3. The van der Waals surface area contributed by atoms with Crippen LogP contribution in [0.1, 0.15) is 78.1 Å². The van der Waals surface area contributed by atoms with E-state index in [1.165, 1.54) is 0 Å². The summed E-state index contributed by atoms with van der Waals surface area (Å²) in [5.41, 5.74) is 1.96. The van der Waals surface area contributed by atoms with Gasteiger partial charge in [0.05, 0.1) is 12.6 Å². The third-order valence-electron chi connectivity index (χ3n) is 5.75. The number of carbonyl (C=O) groups is 3. The summed E-state index contributed by atoms with van der Waals surface area (Å²) < 4.78 is 10.2. The highest BCUT2D eigenvalue weighted by atomic mass is 16.5. The summed E-state index contributed by atoms with van der Waals surface area (Å²) in [6, 6.07) is -0.608. The van der Waals surface area contributed by atoms with Gasteiger partial charge in [0.2, 0.25) is 5.91 Å². The number of nitrogens with one attached hydrogen (secondary N) is 1. The lowest BCUT2D eigenvalue weighted by molar-refractivity contribution is -0.136. The number of hydrogen-bond donors (Lipinski definition) is 1. The van der Waals surface area contributed by atoms with Crippen LogP contribution in [-0.4, -0.2) is 60.5 Å². The van der Waals surface area contributed by atoms with Crippen LogP contribution >= 0.6 is 0 Å². The molecule has 1 aromatic rings. The van der Waals surface area contributed by atoms with Crippen LogP contribution in [-0.2, 0) is 14.3 Å². The molecule has 0 bridgehead atoms. The van der Waals surface area contributed by atoms with Crippen molar-refractivity contribution in [1.29, 1.82) is 0 Å². The van der Waals surface area contributed by atoms with Crippen molar-refractivity contribution in [3.05, 3.63) is 22.5 Å². The maximum atomic E-state index is 13.4. The summed E-state index contributed by atoms with van der Waals surface area (Å²) >= 11 is 0. The number of aryl methyl sites for hydroxylation is 1. The molecule has 1 fully saturated rings. The number of Topliss-reactive ketones (excluding diaryl/α,β-unsaturated/α-hetero) is 1. The minimum absolute atomic E-state index is 0.00342. The second-order valence-electron chi connectivity index (χ2n) is 7.75. The van der Waals surface area contributed by atoms with Gasteiger partial charge in [0.25, 0.3) is 0 Å². The maximum absolute atomic E-state index is 13.4. The highest BCUT2D eigenvalue weighted by Gasteiger charge is 2.34. The molecule has 29 heavy (non-hydrogen) atoms. The number of methoxy groups -OCH3 is 1. The number of aromatic nitrogens is 1. The van der Waals surface area contributed by atoms with Crippen LogP contribution in [0.5, 0.6) is 0 Å². The summed E-state index contributed by atoms with van der Waals surface area (Å²) in [4.78, 5) is 43.4. The standard InChI is InChI=1S/C22H34N2O5/c1-6-29-22(27)19-14(2)18(15(3)23-19)20(25)16(4)24(12-9-13-28-5)21(26)17-10-7-8-11-17/h16-17,23H,6-13H2,1-5H3/t16-/m1/s1. The number of ketones is 1. The Morgan fingerprint density at radius 1 is 1.21 bits per heavy atom. The Bertz CT molecular complexity index is 734. The minimum Gasteiger partial charge on any atom is -0.461 e. The molecule has 0 unspecified atom stereocenters. The molecule has 1 saturated carbocycles. The van der Waals surface area contributed by atoms with Crippen LogP contribution in [0.3, 0.4) is 0 Å². The molecule has 1 amide bonds. The molecular weight excluding hydrogens is 372 g/mol. The van der Waals surface area contributed by atoms with Crippen molar-refractivity contribution in [2.24, 2.45) is 5.92 Å². The van der Waals surface area contributed by atoms with E-state index in [1.807, 2.05) is 0 Å². The van der Waals surface area contributed by atoms with Gasteiger partial charge in [-0.05, 0) is 52.5 Å². The molecule has 1 N–H and O–H groups in total. The van der Waals surface area contributed by atoms with E-state index in [-0.39, 0.29) is 24.2 Å². The SMILES string of the molecule is CCOC(=O)c1[nH]c(C)c(C(=O)[C@@H](C)N(CCCOC)C(=O)C2CCCC2)c1C. The van der Waals surface area contributed by atoms with Gasteiger partial charge in [-0.1, -0.05) is 12.8 Å². The lowest BCUT2D eigenvalue weighted by Gasteiger charge is -2.31. The number of nitrogens with zero attached hydrogens (tertiary/aromatic N) is 1. The van der Waals surface area contributed by atoms with E-state index < -0.39 is 12.0 Å². The fourth-order valence-corrected chi connectivity index (χ4v) is 4.16. The molecule has 1 atom stereocenters. The zero-order valence-electron chi connectivity index (χ0n) is 18.3. The molecule has 7 heteroatoms. The molecule has 0 aliphatic heterocycles. The summed E-state index contributed by atoms with van der Waals surface area (Å²) in [6.07, 6.45) is 4.56. The van der Waals surface area contributed by atoms with Gasteiger partial charge in [-0.2, -0.15) is 0 Å². The number of amides is 1. The van der Waals surface area contributed by atoms with Gasteiger partial charge < -0.3 is 19.4 Å². The lowest BCUT2D eigenvalue weighted by atomic mass is 9.98. The Kier molecular flexibility index (Phi) is 8.44. The summed E-state index contributed by atoms with van der Waals surface area (Å²) in [5.74, 6) is -0.582. The van der Waals surface area contributed by atoms with Crippen LogP contribution in [0.15, 0.2) is 0 Å². The molecule has 0 radical (unpaired) electrons. The average molecular weight is 407 g/mol. The summed E-state index contributed by atoms with van der Waals surface area (Å²) in [5, 5.41) is 0. The van der Waals surface area contributed by atoms with Crippen molar-refractivity contribution in [3.8, 4) is 0 Å². The number of aromatic amines is 1. The number of rotatable bonds is 10. The second kappa shape index (κ2) is 10.6. The first-order valence-corrected chi connectivity index (χ1v) is 10.5. The van der Waals surface area contributed by atoms with Crippen molar-refractivity contribution >= 4 is 17.7 Å². The Hall–Kier alpha value is -2.15. The number of esters is 1. The average Bonchev–Trinajstić information content (AvgIpc) is 3.32. The molecule has 1 aliphatic carbocycles. The maximum Gasteiger partial charge on any atom is 0.355 e. The Balaban J connectivity index is 2.27. The van der Waals surface area contributed by atoms with Crippen molar-refractivity contribution in [1.82, 2.24) is 9.88 Å². The van der Waals surface area contributed by atoms with E-state index in [0.717, 1.165) is 25.7 Å². The fraction of sp³-hybridized carbons (Fsp3) is 0.682. The molecule has 1 aromatic heterocycles. The predicted molar refractivity (Wildman–Crippen MR) is 110 cm³/mol.